The van der Waals surface area contributed by atoms with Gasteiger partial charge in [0.2, 0.25) is 0 Å². The van der Waals surface area contributed by atoms with Gasteiger partial charge in [-0.05, 0) is 70.1 Å². The first kappa shape index (κ1) is 19.5. The van der Waals surface area contributed by atoms with Crippen LogP contribution in [0.15, 0.2) is 24.3 Å². The van der Waals surface area contributed by atoms with Crippen LogP contribution < -0.4 is 4.74 Å². The summed E-state index contributed by atoms with van der Waals surface area (Å²) in [5.41, 5.74) is 0.757. The summed E-state index contributed by atoms with van der Waals surface area (Å²) >= 11 is 0. The summed E-state index contributed by atoms with van der Waals surface area (Å²) in [6, 6.07) is 7.68. The zero-order valence-electron chi connectivity index (χ0n) is 16.0. The number of hydrogen-bond acceptors (Lipinski definition) is 4. The van der Waals surface area contributed by atoms with Gasteiger partial charge in [0.25, 0.3) is 0 Å². The van der Waals surface area contributed by atoms with Gasteiger partial charge in [-0.2, -0.15) is 0 Å². The van der Waals surface area contributed by atoms with Crippen LogP contribution in [0.3, 0.4) is 0 Å². The Morgan fingerprint density at radius 1 is 0.920 bits per heavy atom. The molecule has 0 aliphatic heterocycles. The van der Waals surface area contributed by atoms with Crippen LogP contribution in [0.1, 0.15) is 71.8 Å². The van der Waals surface area contributed by atoms with Gasteiger partial charge in [-0.3, -0.25) is 9.59 Å². The SMILES string of the molecule is CC(C)c1ccc(OC(=O)C2CCC(C(=O)OC(C)(C)C)CC2)cc1. The highest BCUT2D eigenvalue weighted by Gasteiger charge is 2.33. The molecule has 1 fully saturated rings. The van der Waals surface area contributed by atoms with E-state index >= 15 is 0 Å². The Balaban J connectivity index is 1.84. The van der Waals surface area contributed by atoms with E-state index in [0.29, 0.717) is 37.4 Å². The van der Waals surface area contributed by atoms with E-state index in [9.17, 15) is 9.59 Å². The summed E-state index contributed by atoms with van der Waals surface area (Å²) in [6.07, 6.45) is 2.71. The number of hydrogen-bond donors (Lipinski definition) is 0. The average molecular weight is 346 g/mol. The summed E-state index contributed by atoms with van der Waals surface area (Å²) in [5.74, 6) is 0.456. The van der Waals surface area contributed by atoms with E-state index in [4.69, 9.17) is 9.47 Å². The molecule has 4 heteroatoms. The lowest BCUT2D eigenvalue weighted by atomic mass is 9.82. The molecule has 0 saturated heterocycles. The maximum Gasteiger partial charge on any atom is 0.314 e. The number of esters is 2. The van der Waals surface area contributed by atoms with Crippen LogP contribution in [-0.4, -0.2) is 17.5 Å². The number of carbonyl (C=O) groups is 2. The topological polar surface area (TPSA) is 52.6 Å². The second-order valence-electron chi connectivity index (χ2n) is 8.23. The van der Waals surface area contributed by atoms with Gasteiger partial charge in [0.05, 0.1) is 11.8 Å². The molecule has 1 saturated carbocycles. The summed E-state index contributed by atoms with van der Waals surface area (Å²) < 4.78 is 11.0. The van der Waals surface area contributed by atoms with Crippen LogP contribution in [0.4, 0.5) is 0 Å². The van der Waals surface area contributed by atoms with E-state index in [2.05, 4.69) is 13.8 Å². The monoisotopic (exact) mass is 346 g/mol. The molecule has 0 atom stereocenters. The van der Waals surface area contributed by atoms with E-state index in [-0.39, 0.29) is 23.8 Å². The van der Waals surface area contributed by atoms with Crippen LogP contribution in [0.25, 0.3) is 0 Å². The van der Waals surface area contributed by atoms with Gasteiger partial charge in [0.15, 0.2) is 0 Å². The highest BCUT2D eigenvalue weighted by atomic mass is 16.6. The first-order valence-electron chi connectivity index (χ1n) is 9.20. The smallest absolute Gasteiger partial charge is 0.314 e. The Hall–Kier alpha value is -1.84. The zero-order chi connectivity index (χ0) is 18.6. The van der Waals surface area contributed by atoms with Crippen molar-refractivity contribution in [2.24, 2.45) is 11.8 Å². The number of carbonyl (C=O) groups excluding carboxylic acids is 2. The third-order valence-corrected chi connectivity index (χ3v) is 4.57. The van der Waals surface area contributed by atoms with Crippen LogP contribution in [0.5, 0.6) is 5.75 Å². The molecule has 4 nitrogen and oxygen atoms in total. The molecule has 0 N–H and O–H groups in total. The molecular weight excluding hydrogens is 316 g/mol. The molecule has 0 heterocycles. The molecule has 25 heavy (non-hydrogen) atoms. The van der Waals surface area contributed by atoms with Crippen molar-refractivity contribution in [3.8, 4) is 5.75 Å². The Labute approximate surface area is 150 Å². The Morgan fingerprint density at radius 3 is 1.84 bits per heavy atom. The van der Waals surface area contributed by atoms with Crippen molar-refractivity contribution in [1.29, 1.82) is 0 Å². The third-order valence-electron chi connectivity index (χ3n) is 4.57. The van der Waals surface area contributed by atoms with E-state index < -0.39 is 5.60 Å². The molecule has 2 rings (SSSR count). The zero-order valence-corrected chi connectivity index (χ0v) is 16.0. The molecule has 1 aromatic carbocycles. The van der Waals surface area contributed by atoms with Crippen LogP contribution in [0, 0.1) is 11.8 Å². The van der Waals surface area contributed by atoms with Crippen molar-refractivity contribution in [3.05, 3.63) is 29.8 Å². The van der Waals surface area contributed by atoms with Gasteiger partial charge in [-0.25, -0.2) is 0 Å². The van der Waals surface area contributed by atoms with Crippen molar-refractivity contribution < 1.29 is 19.1 Å². The van der Waals surface area contributed by atoms with Gasteiger partial charge < -0.3 is 9.47 Å². The quantitative estimate of drug-likeness (QED) is 0.577. The summed E-state index contributed by atoms with van der Waals surface area (Å²) in [6.45, 7) is 9.88. The standard InChI is InChI=1S/C21H30O4/c1-14(2)15-10-12-18(13-11-15)24-19(22)16-6-8-17(9-7-16)20(23)25-21(3,4)5/h10-14,16-17H,6-9H2,1-5H3. The molecular formula is C21H30O4. The molecule has 1 aliphatic rings. The van der Waals surface area contributed by atoms with E-state index in [0.717, 1.165) is 0 Å². The predicted molar refractivity (Wildman–Crippen MR) is 97.5 cm³/mol. The van der Waals surface area contributed by atoms with Gasteiger partial charge >= 0.3 is 11.9 Å². The fourth-order valence-electron chi connectivity index (χ4n) is 3.07. The minimum absolute atomic E-state index is 0.103. The van der Waals surface area contributed by atoms with Gasteiger partial charge in [0.1, 0.15) is 11.4 Å². The number of rotatable bonds is 4. The van der Waals surface area contributed by atoms with Crippen molar-refractivity contribution in [2.75, 3.05) is 0 Å². The highest BCUT2D eigenvalue weighted by Crippen LogP contribution is 2.32. The Bertz CT molecular complexity index is 587. The molecule has 0 amide bonds. The average Bonchev–Trinajstić information content (AvgIpc) is 2.54. The molecule has 0 radical (unpaired) electrons. The third kappa shape index (κ3) is 5.87. The lowest BCUT2D eigenvalue weighted by molar-refractivity contribution is -0.162. The van der Waals surface area contributed by atoms with E-state index in [1.807, 2.05) is 45.0 Å². The second-order valence-corrected chi connectivity index (χ2v) is 8.23. The predicted octanol–water partition coefficient (Wildman–Crippen LogP) is 4.86. The minimum atomic E-state index is -0.463. The van der Waals surface area contributed by atoms with Crippen molar-refractivity contribution >= 4 is 11.9 Å². The summed E-state index contributed by atoms with van der Waals surface area (Å²) in [4.78, 5) is 24.5. The molecule has 0 spiro atoms. The van der Waals surface area contributed by atoms with Crippen LogP contribution >= 0.6 is 0 Å². The lowest BCUT2D eigenvalue weighted by Crippen LogP contribution is -2.33. The lowest BCUT2D eigenvalue weighted by Gasteiger charge is -2.28. The van der Waals surface area contributed by atoms with Crippen molar-refractivity contribution in [3.63, 3.8) is 0 Å². The fourth-order valence-corrected chi connectivity index (χ4v) is 3.07. The molecule has 138 valence electrons. The summed E-state index contributed by atoms with van der Waals surface area (Å²) in [5, 5.41) is 0. The molecule has 0 unspecified atom stereocenters. The van der Waals surface area contributed by atoms with Crippen LogP contribution in [-0.2, 0) is 14.3 Å². The van der Waals surface area contributed by atoms with Crippen molar-refractivity contribution in [2.45, 2.75) is 71.8 Å². The van der Waals surface area contributed by atoms with E-state index in [1.54, 1.807) is 0 Å². The second kappa shape index (κ2) is 8.03. The maximum atomic E-state index is 12.4. The van der Waals surface area contributed by atoms with Gasteiger partial charge in [0, 0.05) is 0 Å². The van der Waals surface area contributed by atoms with Gasteiger partial charge in [-0.1, -0.05) is 26.0 Å². The summed E-state index contributed by atoms with van der Waals surface area (Å²) in [7, 11) is 0. The highest BCUT2D eigenvalue weighted by molar-refractivity contribution is 5.77. The molecule has 0 bridgehead atoms. The van der Waals surface area contributed by atoms with Gasteiger partial charge in [-0.15, -0.1) is 0 Å². The normalized spacial score (nSPS) is 21.0. The number of ether oxygens (including phenoxy) is 2. The van der Waals surface area contributed by atoms with Crippen molar-refractivity contribution in [1.82, 2.24) is 0 Å². The first-order chi connectivity index (χ1) is 11.7. The Kier molecular flexibility index (Phi) is 6.26. The number of benzene rings is 1. The molecule has 1 aliphatic carbocycles. The fraction of sp³-hybridized carbons (Fsp3) is 0.619. The maximum absolute atomic E-state index is 12.4. The van der Waals surface area contributed by atoms with E-state index in [1.165, 1.54) is 5.56 Å². The first-order valence-corrected chi connectivity index (χ1v) is 9.20. The largest absolute Gasteiger partial charge is 0.460 e. The Morgan fingerprint density at radius 2 is 1.40 bits per heavy atom. The molecule has 1 aromatic rings. The minimum Gasteiger partial charge on any atom is -0.460 e. The van der Waals surface area contributed by atoms with Crippen LogP contribution in [0.2, 0.25) is 0 Å². The molecule has 0 aromatic heterocycles.